The molecule has 0 saturated carbocycles. The molecule has 0 fully saturated rings. The van der Waals surface area contributed by atoms with Gasteiger partial charge < -0.3 is 0 Å². The molecule has 0 amide bonds. The average molecular weight is 545 g/mol. The fourth-order valence-electron chi connectivity index (χ4n) is 2.86. The molecule has 0 aliphatic rings. The van der Waals surface area contributed by atoms with Gasteiger partial charge in [0.15, 0.2) is 17.3 Å². The minimum Gasteiger partial charge on any atom is -0.300 e. The maximum atomic E-state index is 11.2. The van der Waals surface area contributed by atoms with Crippen LogP contribution in [0.2, 0.25) is 0 Å². The second-order valence-electron chi connectivity index (χ2n) is 8.00. The van der Waals surface area contributed by atoms with Crippen LogP contribution in [0.4, 0.5) is 0 Å². The number of rotatable bonds is 9. The average Bonchev–Trinajstić information content (AvgIpc) is 2.85. The molecule has 0 atom stereocenters. The van der Waals surface area contributed by atoms with Crippen LogP contribution in [0.1, 0.15) is 71.1 Å². The molecule has 0 heterocycles. The normalized spacial score (nSPS) is 9.16. The molecule has 0 spiro atoms. The van der Waals surface area contributed by atoms with Crippen LogP contribution >= 0.6 is 0 Å². The zero-order chi connectivity index (χ0) is 26.9. The molecule has 3 rings (SSSR count). The Hall–Kier alpha value is -3.81. The van der Waals surface area contributed by atoms with Crippen LogP contribution in [0.5, 0.6) is 0 Å². The third kappa shape index (κ3) is 15.0. The van der Waals surface area contributed by atoms with E-state index in [-0.39, 0.29) is 70.7 Å². The molecule has 192 valence electrons. The fourth-order valence-corrected chi connectivity index (χ4v) is 2.86. The van der Waals surface area contributed by atoms with Crippen molar-refractivity contribution >= 4 is 34.7 Å². The molecule has 0 radical (unpaired) electrons. The maximum absolute atomic E-state index is 11.2. The molecule has 3 aromatic carbocycles. The fraction of sp³-hybridized carbons (Fsp3) is 0.200. The van der Waals surface area contributed by atoms with E-state index >= 15 is 0 Å². The van der Waals surface area contributed by atoms with Gasteiger partial charge in [-0.2, -0.15) is 0 Å². The van der Waals surface area contributed by atoms with Gasteiger partial charge in [-0.3, -0.25) is 28.8 Å². The summed E-state index contributed by atoms with van der Waals surface area (Å²) < 4.78 is 0. The maximum Gasteiger partial charge on any atom is 3.00 e. The van der Waals surface area contributed by atoms with E-state index in [1.54, 1.807) is 72.8 Å². The molecular weight excluding hydrogens is 515 g/mol. The van der Waals surface area contributed by atoms with Gasteiger partial charge in [0.1, 0.15) is 17.3 Å². The van der Waals surface area contributed by atoms with E-state index in [9.17, 15) is 28.8 Å². The van der Waals surface area contributed by atoms with Gasteiger partial charge in [-0.1, -0.05) is 91.0 Å². The quantitative estimate of drug-likeness (QED) is 0.258. The van der Waals surface area contributed by atoms with Crippen LogP contribution in [0, 0.1) is 0 Å². The molecule has 0 aliphatic carbocycles. The first-order chi connectivity index (χ1) is 17.1. The van der Waals surface area contributed by atoms with Gasteiger partial charge in [0, 0.05) is 16.7 Å². The summed E-state index contributed by atoms with van der Waals surface area (Å²) >= 11 is 0. The van der Waals surface area contributed by atoms with Crippen LogP contribution < -0.4 is 0 Å². The largest absolute Gasteiger partial charge is 3.00 e. The van der Waals surface area contributed by atoms with E-state index in [2.05, 4.69) is 0 Å². The molecule has 37 heavy (non-hydrogen) atoms. The monoisotopic (exact) mass is 545 g/mol. The predicted octanol–water partition coefficient (Wildman–Crippen LogP) is 5.54. The summed E-state index contributed by atoms with van der Waals surface area (Å²) in [5.74, 6) is -0.606. The minimum absolute atomic E-state index is 0. The van der Waals surface area contributed by atoms with E-state index in [0.29, 0.717) is 16.7 Å². The van der Waals surface area contributed by atoms with Gasteiger partial charge in [0.2, 0.25) is 0 Å². The van der Waals surface area contributed by atoms with Crippen molar-refractivity contribution in [2.24, 2.45) is 0 Å². The van der Waals surface area contributed by atoms with Crippen molar-refractivity contribution < 1.29 is 45.5 Å². The minimum atomic E-state index is -0.108. The number of carbonyl (C=O) groups is 6. The van der Waals surface area contributed by atoms with Crippen LogP contribution in [0.3, 0.4) is 0 Å². The Morgan fingerprint density at radius 2 is 0.595 bits per heavy atom. The van der Waals surface area contributed by atoms with Gasteiger partial charge in [0.25, 0.3) is 0 Å². The third-order valence-electron chi connectivity index (χ3n) is 4.52. The molecule has 0 bridgehead atoms. The second-order valence-corrected chi connectivity index (χ2v) is 8.00. The van der Waals surface area contributed by atoms with E-state index in [4.69, 9.17) is 0 Å². The Morgan fingerprint density at radius 3 is 0.757 bits per heavy atom. The van der Waals surface area contributed by atoms with E-state index < -0.39 is 0 Å². The van der Waals surface area contributed by atoms with Crippen LogP contribution in [0.15, 0.2) is 91.0 Å². The summed E-state index contributed by atoms with van der Waals surface area (Å²) in [6.45, 7) is 4.25. The van der Waals surface area contributed by atoms with Gasteiger partial charge in [-0.25, -0.2) is 0 Å². The molecule has 0 aliphatic heterocycles. The summed E-state index contributed by atoms with van der Waals surface area (Å²) in [4.78, 5) is 65.5. The SMILES string of the molecule is CC(=O)CC(=O)c1ccccc1.CC(=O)CC(=O)c1ccccc1.CC(=O)CC(=O)c1ccccc1.[Co+3]. The van der Waals surface area contributed by atoms with Crippen molar-refractivity contribution in [2.75, 3.05) is 0 Å². The number of carbonyl (C=O) groups excluding carboxylic acids is 6. The van der Waals surface area contributed by atoms with Gasteiger partial charge in [0.05, 0.1) is 19.3 Å². The Morgan fingerprint density at radius 1 is 0.405 bits per heavy atom. The predicted molar refractivity (Wildman–Crippen MR) is 138 cm³/mol. The number of ketones is 6. The molecule has 0 aromatic heterocycles. The van der Waals surface area contributed by atoms with Crippen molar-refractivity contribution in [1.82, 2.24) is 0 Å². The van der Waals surface area contributed by atoms with Gasteiger partial charge in [-0.05, 0) is 20.8 Å². The number of hydrogen-bond acceptors (Lipinski definition) is 6. The van der Waals surface area contributed by atoms with Crippen LogP contribution in [-0.2, 0) is 31.2 Å². The third-order valence-corrected chi connectivity index (χ3v) is 4.52. The number of hydrogen-bond donors (Lipinski definition) is 0. The Balaban J connectivity index is 0.000000518. The molecular formula is C30H30CoO6+3. The van der Waals surface area contributed by atoms with Gasteiger partial charge in [-0.15, -0.1) is 0 Å². The number of Topliss-reactive ketones (excluding diaryl/α,β-unsaturated/α-hetero) is 6. The van der Waals surface area contributed by atoms with Gasteiger partial charge >= 0.3 is 16.8 Å². The first-order valence-corrected chi connectivity index (χ1v) is 11.3. The number of benzene rings is 3. The summed E-state index contributed by atoms with van der Waals surface area (Å²) in [5, 5.41) is 0. The van der Waals surface area contributed by atoms with Crippen LogP contribution in [-0.4, -0.2) is 34.7 Å². The van der Waals surface area contributed by atoms with E-state index in [1.165, 1.54) is 20.8 Å². The van der Waals surface area contributed by atoms with Crippen molar-refractivity contribution in [3.63, 3.8) is 0 Å². The zero-order valence-corrected chi connectivity index (χ0v) is 22.1. The second kappa shape index (κ2) is 18.5. The van der Waals surface area contributed by atoms with Crippen molar-refractivity contribution in [3.05, 3.63) is 108 Å². The van der Waals surface area contributed by atoms with E-state index in [0.717, 1.165) is 0 Å². The Kier molecular flexibility index (Phi) is 16.6. The molecule has 0 unspecified atom stereocenters. The molecule has 0 N–H and O–H groups in total. The first-order valence-electron chi connectivity index (χ1n) is 11.3. The summed E-state index contributed by atoms with van der Waals surface area (Å²) in [7, 11) is 0. The molecule has 3 aromatic rings. The van der Waals surface area contributed by atoms with Crippen molar-refractivity contribution in [3.8, 4) is 0 Å². The van der Waals surface area contributed by atoms with Crippen LogP contribution in [0.25, 0.3) is 0 Å². The van der Waals surface area contributed by atoms with Crippen molar-refractivity contribution in [2.45, 2.75) is 40.0 Å². The molecule has 6 nitrogen and oxygen atoms in total. The Bertz CT molecular complexity index is 1020. The summed E-state index contributed by atoms with van der Waals surface area (Å²) in [6.07, 6.45) is 0.0119. The summed E-state index contributed by atoms with van der Waals surface area (Å²) in [6, 6.07) is 26.5. The standard InChI is InChI=1S/3C10H10O2.Co/c3*1-8(11)7-10(12)9-5-3-2-4-6-9;/h3*2-6H,7H2,1H3;/q;;;+3. The summed E-state index contributed by atoms with van der Waals surface area (Å²) in [5.41, 5.74) is 1.81. The first kappa shape index (κ1) is 33.2. The smallest absolute Gasteiger partial charge is 0.300 e. The van der Waals surface area contributed by atoms with E-state index in [1.807, 2.05) is 18.2 Å². The molecule has 0 saturated heterocycles. The Labute approximate surface area is 227 Å². The van der Waals surface area contributed by atoms with Crippen molar-refractivity contribution in [1.29, 1.82) is 0 Å². The zero-order valence-electron chi connectivity index (χ0n) is 21.1. The molecule has 7 heteroatoms. The topological polar surface area (TPSA) is 102 Å².